The largest absolute Gasteiger partial charge is 0.287 e. The molecule has 0 N–H and O–H groups in total. The molecule has 0 spiro atoms. The third-order valence-electron chi connectivity index (χ3n) is 9.94. The lowest BCUT2D eigenvalue weighted by atomic mass is 9.12. The molecule has 5 aromatic carbocycles. The fourth-order valence-corrected chi connectivity index (χ4v) is 7.00. The summed E-state index contributed by atoms with van der Waals surface area (Å²) in [6.45, 7) is 2.60. The van der Waals surface area contributed by atoms with Crippen molar-refractivity contribution in [2.45, 2.75) is 32.7 Å². The second-order valence-corrected chi connectivity index (χ2v) is 13.5. The summed E-state index contributed by atoms with van der Waals surface area (Å²) < 4.78 is 296. The van der Waals surface area contributed by atoms with Crippen LogP contribution < -0.4 is 26.4 Å². The van der Waals surface area contributed by atoms with Gasteiger partial charge in [-0.3, -0.25) is 4.79 Å². The number of aryl methyl sites for hydroxylation is 1. The number of benzene rings is 5. The average Bonchev–Trinajstić information content (AvgIpc) is 3.29. The Morgan fingerprint density at radius 2 is 0.688 bits per heavy atom. The molecule has 2 nitrogen and oxygen atoms in total. The van der Waals surface area contributed by atoms with Crippen LogP contribution in [0.15, 0.2) is 54.7 Å². The fourth-order valence-electron chi connectivity index (χ4n) is 7.00. The van der Waals surface area contributed by atoms with Crippen LogP contribution in [-0.2, 0) is 13.0 Å². The maximum absolute atomic E-state index is 15.4. The first-order chi connectivity index (χ1) is 30.0. The summed E-state index contributed by atoms with van der Waals surface area (Å²) in [6.07, 6.45) is -1.87. The quantitative estimate of drug-likeness (QED) is 0.0336. The van der Waals surface area contributed by atoms with E-state index in [2.05, 4.69) is 17.6 Å². The molecule has 64 heavy (non-hydrogen) atoms. The van der Waals surface area contributed by atoms with E-state index in [-0.39, 0.29) is 5.78 Å². The lowest BCUT2D eigenvalue weighted by Crippen LogP contribution is -2.81. The molecule has 0 saturated carbocycles. The smallest absolute Gasteiger partial charge is 0.227 e. The molecule has 0 amide bonds. The Kier molecular flexibility index (Phi) is 14.2. The molecule has 0 saturated heterocycles. The normalized spacial score (nSPS) is 11.5. The minimum absolute atomic E-state index is 0.162. The van der Waals surface area contributed by atoms with Gasteiger partial charge in [0, 0.05) is 24.1 Å². The maximum atomic E-state index is 15.4. The van der Waals surface area contributed by atoms with E-state index in [0.717, 1.165) is 18.4 Å². The minimum atomic E-state index is -7.22. The van der Waals surface area contributed by atoms with Crippen molar-refractivity contribution in [1.29, 1.82) is 0 Å². The Balaban J connectivity index is 0.000000337. The first-order valence-electron chi connectivity index (χ1n) is 17.8. The number of hydrogen-bond donors (Lipinski definition) is 0. The number of aromatic nitrogens is 1. The van der Waals surface area contributed by atoms with E-state index in [1.165, 1.54) is 12.1 Å². The molecule has 23 heteroatoms. The van der Waals surface area contributed by atoms with E-state index in [1.807, 2.05) is 48.7 Å². The van der Waals surface area contributed by atoms with E-state index in [1.54, 1.807) is 0 Å². The van der Waals surface area contributed by atoms with Gasteiger partial charge in [0.05, 0.1) is 0 Å². The van der Waals surface area contributed by atoms with Crippen molar-refractivity contribution in [1.82, 2.24) is 0 Å². The predicted molar refractivity (Wildman–Crippen MR) is 185 cm³/mol. The number of carbonyl (C=O) groups excluding carboxylic acids is 1. The van der Waals surface area contributed by atoms with Crippen molar-refractivity contribution >= 4 is 33.8 Å². The standard InChI is InChI=1S/C24BF20.C17H20NO/c26-5-1(6(27)14(35)21(42)13(5)34)25(2-7(28)15(36)22(43)16(37)8(2)29,3-9(30)17(38)23(44)18(39)10(3)31)4-11(32)19(40)24(45)20(41)12(4)33;1-2-3-11-16-12-7-8-13-18(16)14-17(19)15-9-5-4-6-10-15/h;4-10,12-13H,2-3,11,14H2,1H3/q-1;+1. The highest BCUT2D eigenvalue weighted by Gasteiger charge is 2.52. The first kappa shape index (κ1) is 48.6. The van der Waals surface area contributed by atoms with E-state index in [0.29, 0.717) is 6.54 Å². The van der Waals surface area contributed by atoms with E-state index >= 15 is 35.1 Å². The van der Waals surface area contributed by atoms with Gasteiger partial charge in [-0.15, -0.1) is 21.9 Å². The van der Waals surface area contributed by atoms with Crippen LogP contribution in [0.5, 0.6) is 0 Å². The third kappa shape index (κ3) is 7.92. The number of Topliss-reactive ketones (excluding diaryl/α,β-unsaturated/α-hetero) is 1. The summed E-state index contributed by atoms with van der Waals surface area (Å²) in [7, 11) is 0. The first-order valence-corrected chi connectivity index (χ1v) is 17.8. The molecule has 0 aliphatic heterocycles. The highest BCUT2D eigenvalue weighted by atomic mass is 19.2. The van der Waals surface area contributed by atoms with E-state index in [4.69, 9.17) is 0 Å². The average molecular weight is 933 g/mol. The molecule has 0 fully saturated rings. The minimum Gasteiger partial charge on any atom is -0.287 e. The highest BCUT2D eigenvalue weighted by Crippen LogP contribution is 2.30. The fraction of sp³-hybridized carbons (Fsp3) is 0.122. The molecule has 0 aliphatic rings. The summed E-state index contributed by atoms with van der Waals surface area (Å²) in [5.74, 6) is -71.2. The zero-order valence-corrected chi connectivity index (χ0v) is 31.5. The van der Waals surface area contributed by atoms with Crippen molar-refractivity contribution in [2.24, 2.45) is 0 Å². The van der Waals surface area contributed by atoms with Crippen LogP contribution in [0.2, 0.25) is 0 Å². The van der Waals surface area contributed by atoms with Crippen molar-refractivity contribution in [3.05, 3.63) is 182 Å². The maximum Gasteiger partial charge on any atom is 0.227 e. The number of unbranched alkanes of at least 4 members (excludes halogenated alkanes) is 1. The molecule has 1 aromatic heterocycles. The monoisotopic (exact) mass is 933 g/mol. The van der Waals surface area contributed by atoms with Crippen molar-refractivity contribution in [3.8, 4) is 0 Å². The summed E-state index contributed by atoms with van der Waals surface area (Å²) in [6, 6.07) is 15.6. The number of halogens is 20. The molecule has 0 unspecified atom stereocenters. The van der Waals surface area contributed by atoms with Crippen LogP contribution in [-0.4, -0.2) is 11.9 Å². The SMILES string of the molecule is CCCCc1cccc[n+]1CC(=O)c1ccccc1.Fc1c(F)c(F)c([B-](c2c(F)c(F)c(F)c(F)c2F)(c2c(F)c(F)c(F)c(F)c2F)c2c(F)c(F)c(F)c(F)c2F)c(F)c1F. The second kappa shape index (κ2) is 18.7. The van der Waals surface area contributed by atoms with Gasteiger partial charge in [0.1, 0.15) is 52.7 Å². The van der Waals surface area contributed by atoms with Gasteiger partial charge in [-0.25, -0.2) is 87.8 Å². The number of rotatable bonds is 10. The van der Waals surface area contributed by atoms with Crippen LogP contribution in [0, 0.1) is 116 Å². The van der Waals surface area contributed by atoms with Crippen molar-refractivity contribution in [3.63, 3.8) is 0 Å². The zero-order valence-electron chi connectivity index (χ0n) is 31.5. The third-order valence-corrected chi connectivity index (χ3v) is 9.94. The molecule has 1 heterocycles. The molecule has 0 atom stereocenters. The number of carbonyl (C=O) groups is 1. The van der Waals surface area contributed by atoms with Gasteiger partial charge >= 0.3 is 0 Å². The molecular formula is C41H20BF20NO. The summed E-state index contributed by atoms with van der Waals surface area (Å²) >= 11 is 0. The van der Waals surface area contributed by atoms with Crippen LogP contribution in [0.1, 0.15) is 35.8 Å². The highest BCUT2D eigenvalue weighted by molar-refractivity contribution is 7.20. The molecule has 6 rings (SSSR count). The van der Waals surface area contributed by atoms with E-state index < -0.39 is 144 Å². The van der Waals surface area contributed by atoms with Crippen molar-refractivity contribution < 1.29 is 97.2 Å². The van der Waals surface area contributed by atoms with Gasteiger partial charge in [-0.1, -0.05) is 49.7 Å². The summed E-state index contributed by atoms with van der Waals surface area (Å²) in [4.78, 5) is 12.2. The number of ketones is 1. The van der Waals surface area contributed by atoms with Crippen LogP contribution in [0.3, 0.4) is 0 Å². The Labute approximate surface area is 345 Å². The topological polar surface area (TPSA) is 20.9 Å². The van der Waals surface area contributed by atoms with Gasteiger partial charge in [0.2, 0.25) is 12.3 Å². The van der Waals surface area contributed by atoms with Gasteiger partial charge in [0.25, 0.3) is 0 Å². The number of pyridine rings is 1. The second-order valence-electron chi connectivity index (χ2n) is 13.5. The van der Waals surface area contributed by atoms with Gasteiger partial charge in [-0.05, 0) is 6.42 Å². The Bertz CT molecular complexity index is 2440. The number of hydrogen-bond acceptors (Lipinski definition) is 1. The molecule has 338 valence electrons. The Morgan fingerprint density at radius 3 is 0.984 bits per heavy atom. The van der Waals surface area contributed by atoms with E-state index in [9.17, 15) is 57.5 Å². The molecular weight excluding hydrogens is 913 g/mol. The molecule has 0 aliphatic carbocycles. The van der Waals surface area contributed by atoms with Crippen LogP contribution in [0.4, 0.5) is 87.8 Å². The predicted octanol–water partition coefficient (Wildman–Crippen LogP) is 9.05. The number of nitrogens with zero attached hydrogens (tertiary/aromatic N) is 1. The summed E-state index contributed by atoms with van der Waals surface area (Å²) in [5.41, 5.74) is -12.3. The van der Waals surface area contributed by atoms with Gasteiger partial charge in [-0.2, -0.15) is 4.57 Å². The molecule has 0 radical (unpaired) electrons. The Morgan fingerprint density at radius 1 is 0.406 bits per heavy atom. The molecule has 0 bridgehead atoms. The van der Waals surface area contributed by atoms with Crippen LogP contribution >= 0.6 is 0 Å². The lowest BCUT2D eigenvalue weighted by molar-refractivity contribution is -0.690. The van der Waals surface area contributed by atoms with Crippen molar-refractivity contribution in [2.75, 3.05) is 0 Å². The summed E-state index contributed by atoms with van der Waals surface area (Å²) in [5, 5.41) is 0. The zero-order chi connectivity index (χ0) is 47.9. The van der Waals surface area contributed by atoms with Crippen LogP contribution in [0.25, 0.3) is 0 Å². The van der Waals surface area contributed by atoms with Gasteiger partial charge in [0.15, 0.2) is 81.7 Å². The Hall–Kier alpha value is -6.42. The lowest BCUT2D eigenvalue weighted by Gasteiger charge is -2.44. The molecule has 6 aromatic rings. The van der Waals surface area contributed by atoms with Gasteiger partial charge < -0.3 is 0 Å².